The van der Waals surface area contributed by atoms with Gasteiger partial charge in [-0.05, 0) is 11.1 Å². The second-order valence-electron chi connectivity index (χ2n) is 2.34. The highest BCUT2D eigenvalue weighted by Gasteiger charge is 1.97. The highest BCUT2D eigenvalue weighted by molar-refractivity contribution is 9.08. The van der Waals surface area contributed by atoms with Gasteiger partial charge in [0.15, 0.2) is 0 Å². The van der Waals surface area contributed by atoms with Gasteiger partial charge in [-0.25, -0.2) is 0 Å². The Morgan fingerprint density at radius 1 is 1.27 bits per heavy atom. The summed E-state index contributed by atoms with van der Waals surface area (Å²) in [5.74, 6) is 0. The van der Waals surface area contributed by atoms with Crippen molar-refractivity contribution >= 4 is 15.9 Å². The zero-order valence-corrected chi connectivity index (χ0v) is 8.10. The van der Waals surface area contributed by atoms with Crippen LogP contribution in [0.2, 0.25) is 0 Å². The summed E-state index contributed by atoms with van der Waals surface area (Å²) >= 11 is 3.42. The lowest BCUT2D eigenvalue weighted by Crippen LogP contribution is -1.92. The second-order valence-corrected chi connectivity index (χ2v) is 2.90. The molecule has 1 aromatic carbocycles. The maximum atomic E-state index is 5.05. The fraction of sp³-hybridized carbons (Fsp3) is 0.333. The number of hydrogen-bond donors (Lipinski definition) is 0. The predicted octanol–water partition coefficient (Wildman–Crippen LogP) is 2.73. The fourth-order valence-corrected chi connectivity index (χ4v) is 1.53. The van der Waals surface area contributed by atoms with Gasteiger partial charge in [0.2, 0.25) is 0 Å². The Bertz CT molecular complexity index is 223. The number of ether oxygens (including phenoxy) is 1. The van der Waals surface area contributed by atoms with E-state index in [9.17, 15) is 0 Å². The Morgan fingerprint density at radius 2 is 1.91 bits per heavy atom. The molecule has 0 aliphatic heterocycles. The molecule has 0 atom stereocenters. The van der Waals surface area contributed by atoms with Crippen LogP contribution in [0.3, 0.4) is 0 Å². The molecule has 2 heteroatoms. The van der Waals surface area contributed by atoms with E-state index in [4.69, 9.17) is 4.74 Å². The lowest BCUT2D eigenvalue weighted by molar-refractivity contribution is 0.184. The Morgan fingerprint density at radius 3 is 2.45 bits per heavy atom. The summed E-state index contributed by atoms with van der Waals surface area (Å²) < 4.78 is 5.05. The van der Waals surface area contributed by atoms with Crippen molar-refractivity contribution in [2.75, 3.05) is 7.11 Å². The van der Waals surface area contributed by atoms with Crippen LogP contribution in [0.5, 0.6) is 0 Å². The van der Waals surface area contributed by atoms with Crippen molar-refractivity contribution in [3.8, 4) is 0 Å². The molecule has 0 saturated heterocycles. The smallest absolute Gasteiger partial charge is 0.0716 e. The van der Waals surface area contributed by atoms with Crippen LogP contribution in [0, 0.1) is 0 Å². The van der Waals surface area contributed by atoms with Crippen molar-refractivity contribution in [3.63, 3.8) is 0 Å². The average molecular weight is 215 g/mol. The molecule has 0 radical (unpaired) electrons. The Labute approximate surface area is 75.5 Å². The topological polar surface area (TPSA) is 9.23 Å². The minimum Gasteiger partial charge on any atom is -0.380 e. The summed E-state index contributed by atoms with van der Waals surface area (Å²) in [5, 5.41) is 0.895. The molecule has 0 fully saturated rings. The first kappa shape index (κ1) is 8.75. The molecule has 0 bridgehead atoms. The number of benzene rings is 1. The third-order valence-corrected chi connectivity index (χ3v) is 2.17. The molecule has 1 aromatic rings. The van der Waals surface area contributed by atoms with Gasteiger partial charge < -0.3 is 4.74 Å². The summed E-state index contributed by atoms with van der Waals surface area (Å²) in [6, 6.07) is 8.25. The molecule has 0 saturated carbocycles. The molecule has 0 aliphatic carbocycles. The predicted molar refractivity (Wildman–Crippen MR) is 49.8 cm³/mol. The van der Waals surface area contributed by atoms with Crippen LogP contribution >= 0.6 is 15.9 Å². The highest BCUT2D eigenvalue weighted by Crippen LogP contribution is 2.12. The molecule has 1 nitrogen and oxygen atoms in total. The van der Waals surface area contributed by atoms with Gasteiger partial charge in [0.1, 0.15) is 0 Å². The van der Waals surface area contributed by atoms with Crippen LogP contribution in [0.4, 0.5) is 0 Å². The third kappa shape index (κ3) is 2.31. The number of alkyl halides is 1. The van der Waals surface area contributed by atoms with Crippen molar-refractivity contribution in [3.05, 3.63) is 35.4 Å². The first-order chi connectivity index (χ1) is 5.38. The maximum absolute atomic E-state index is 5.05. The molecule has 0 N–H and O–H groups in total. The summed E-state index contributed by atoms with van der Waals surface area (Å²) in [6.45, 7) is 0.696. The SMILES string of the molecule is COCc1ccccc1CBr. The van der Waals surface area contributed by atoms with E-state index in [1.54, 1.807) is 7.11 Å². The van der Waals surface area contributed by atoms with Crippen molar-refractivity contribution < 1.29 is 4.74 Å². The van der Waals surface area contributed by atoms with E-state index in [1.807, 2.05) is 12.1 Å². The Balaban J connectivity index is 2.83. The standard InChI is InChI=1S/C9H11BrO/c1-11-7-9-5-3-2-4-8(9)6-10/h2-5H,6-7H2,1H3. The van der Waals surface area contributed by atoms with Crippen molar-refractivity contribution in [2.24, 2.45) is 0 Å². The van der Waals surface area contributed by atoms with Gasteiger partial charge in [0, 0.05) is 12.4 Å². The van der Waals surface area contributed by atoms with Crippen molar-refractivity contribution in [1.82, 2.24) is 0 Å². The molecular weight excluding hydrogens is 204 g/mol. The molecule has 1 rings (SSSR count). The highest BCUT2D eigenvalue weighted by atomic mass is 79.9. The summed E-state index contributed by atoms with van der Waals surface area (Å²) in [6.07, 6.45) is 0. The molecule has 60 valence electrons. The number of hydrogen-bond acceptors (Lipinski definition) is 1. The van der Waals surface area contributed by atoms with Gasteiger partial charge in [-0.2, -0.15) is 0 Å². The maximum Gasteiger partial charge on any atom is 0.0716 e. The van der Waals surface area contributed by atoms with E-state index < -0.39 is 0 Å². The van der Waals surface area contributed by atoms with Crippen LogP contribution in [0.15, 0.2) is 24.3 Å². The third-order valence-electron chi connectivity index (χ3n) is 1.56. The largest absolute Gasteiger partial charge is 0.380 e. The van der Waals surface area contributed by atoms with E-state index in [-0.39, 0.29) is 0 Å². The van der Waals surface area contributed by atoms with Crippen molar-refractivity contribution in [1.29, 1.82) is 0 Å². The second kappa shape index (κ2) is 4.52. The summed E-state index contributed by atoms with van der Waals surface area (Å²) in [4.78, 5) is 0. The molecule has 0 heterocycles. The van der Waals surface area contributed by atoms with Crippen LogP contribution in [-0.2, 0) is 16.7 Å². The normalized spacial score (nSPS) is 10.0. The first-order valence-electron chi connectivity index (χ1n) is 3.50. The van der Waals surface area contributed by atoms with Gasteiger partial charge >= 0.3 is 0 Å². The number of rotatable bonds is 3. The van der Waals surface area contributed by atoms with Crippen LogP contribution in [-0.4, -0.2) is 7.11 Å². The Kier molecular flexibility index (Phi) is 3.60. The average Bonchev–Trinajstić information content (AvgIpc) is 2.06. The van der Waals surface area contributed by atoms with E-state index in [1.165, 1.54) is 11.1 Å². The van der Waals surface area contributed by atoms with E-state index in [2.05, 4.69) is 28.1 Å². The zero-order valence-electron chi connectivity index (χ0n) is 6.51. The number of methoxy groups -OCH3 is 1. The molecule has 0 aromatic heterocycles. The van der Waals surface area contributed by atoms with Gasteiger partial charge in [0.25, 0.3) is 0 Å². The molecule has 0 unspecified atom stereocenters. The van der Waals surface area contributed by atoms with Crippen LogP contribution in [0.1, 0.15) is 11.1 Å². The molecular formula is C9H11BrO. The monoisotopic (exact) mass is 214 g/mol. The van der Waals surface area contributed by atoms with E-state index in [0.29, 0.717) is 6.61 Å². The van der Waals surface area contributed by atoms with Crippen LogP contribution < -0.4 is 0 Å². The fourth-order valence-electron chi connectivity index (χ4n) is 0.984. The first-order valence-corrected chi connectivity index (χ1v) is 4.62. The van der Waals surface area contributed by atoms with Crippen molar-refractivity contribution in [2.45, 2.75) is 11.9 Å². The molecule has 0 amide bonds. The molecule has 0 spiro atoms. The summed E-state index contributed by atoms with van der Waals surface area (Å²) in [7, 11) is 1.71. The van der Waals surface area contributed by atoms with Gasteiger partial charge in [-0.15, -0.1) is 0 Å². The number of halogens is 1. The summed E-state index contributed by atoms with van der Waals surface area (Å²) in [5.41, 5.74) is 2.56. The minimum absolute atomic E-state index is 0.696. The van der Waals surface area contributed by atoms with Crippen LogP contribution in [0.25, 0.3) is 0 Å². The lowest BCUT2D eigenvalue weighted by Gasteiger charge is -2.04. The van der Waals surface area contributed by atoms with Gasteiger partial charge in [0.05, 0.1) is 6.61 Å². The quantitative estimate of drug-likeness (QED) is 0.704. The minimum atomic E-state index is 0.696. The molecule has 11 heavy (non-hydrogen) atoms. The van der Waals surface area contributed by atoms with E-state index in [0.717, 1.165) is 5.33 Å². The lowest BCUT2D eigenvalue weighted by atomic mass is 10.1. The zero-order chi connectivity index (χ0) is 8.10. The molecule has 0 aliphatic rings. The van der Waals surface area contributed by atoms with E-state index >= 15 is 0 Å². The Hall–Kier alpha value is -0.340. The van der Waals surface area contributed by atoms with Gasteiger partial charge in [-0.1, -0.05) is 40.2 Å². The van der Waals surface area contributed by atoms with Gasteiger partial charge in [-0.3, -0.25) is 0 Å².